The average molecular weight is 417 g/mol. The van der Waals surface area contributed by atoms with E-state index in [4.69, 9.17) is 16.0 Å². The Morgan fingerprint density at radius 2 is 1.88 bits per heavy atom. The van der Waals surface area contributed by atoms with Gasteiger partial charge in [-0.3, -0.25) is 4.79 Å². The first-order chi connectivity index (χ1) is 12.0. The van der Waals surface area contributed by atoms with Gasteiger partial charge in [0.1, 0.15) is 11.5 Å². The molecule has 0 unspecified atom stereocenters. The molecule has 25 heavy (non-hydrogen) atoms. The number of halogens is 2. The van der Waals surface area contributed by atoms with E-state index < -0.39 is 0 Å². The second-order valence-electron chi connectivity index (χ2n) is 5.49. The molecular formula is C20H15BrClNO2. The molecule has 3 nitrogen and oxygen atoms in total. The molecule has 3 aromatic rings. The van der Waals surface area contributed by atoms with E-state index in [1.54, 1.807) is 6.08 Å². The van der Waals surface area contributed by atoms with Crippen LogP contribution in [-0.4, -0.2) is 5.91 Å². The Morgan fingerprint density at radius 1 is 1.12 bits per heavy atom. The number of aryl methyl sites for hydroxylation is 1. The lowest BCUT2D eigenvalue weighted by Gasteiger charge is -2.06. The second-order valence-corrected chi connectivity index (χ2v) is 6.84. The van der Waals surface area contributed by atoms with Crippen molar-refractivity contribution < 1.29 is 9.21 Å². The molecule has 0 saturated heterocycles. The highest BCUT2D eigenvalue weighted by Gasteiger charge is 2.05. The van der Waals surface area contributed by atoms with Crippen LogP contribution in [0.2, 0.25) is 5.02 Å². The number of benzene rings is 2. The summed E-state index contributed by atoms with van der Waals surface area (Å²) in [7, 11) is 0. The predicted octanol–water partition coefficient (Wildman–Crippen LogP) is 6.32. The molecule has 0 aliphatic heterocycles. The SMILES string of the molecule is Cc1cc(Br)ccc1NC(=O)C=Cc1ccc(-c2ccc(Cl)cc2)o1. The minimum atomic E-state index is -0.213. The van der Waals surface area contributed by atoms with Gasteiger partial charge in [0, 0.05) is 26.8 Å². The van der Waals surface area contributed by atoms with Crippen LogP contribution in [0.25, 0.3) is 17.4 Å². The van der Waals surface area contributed by atoms with Gasteiger partial charge in [0.15, 0.2) is 0 Å². The molecule has 0 fully saturated rings. The first-order valence-electron chi connectivity index (χ1n) is 7.62. The highest BCUT2D eigenvalue weighted by molar-refractivity contribution is 9.10. The molecule has 126 valence electrons. The zero-order valence-corrected chi connectivity index (χ0v) is 15.8. The van der Waals surface area contributed by atoms with Crippen molar-refractivity contribution in [3.8, 4) is 11.3 Å². The first-order valence-corrected chi connectivity index (χ1v) is 8.79. The van der Waals surface area contributed by atoms with Crippen LogP contribution in [0, 0.1) is 6.92 Å². The molecular weight excluding hydrogens is 402 g/mol. The summed E-state index contributed by atoms with van der Waals surface area (Å²) >= 11 is 9.29. The molecule has 0 saturated carbocycles. The number of hydrogen-bond acceptors (Lipinski definition) is 2. The number of carbonyl (C=O) groups is 1. The van der Waals surface area contributed by atoms with Gasteiger partial charge >= 0.3 is 0 Å². The van der Waals surface area contributed by atoms with Crippen molar-refractivity contribution in [3.05, 3.63) is 81.5 Å². The maximum absolute atomic E-state index is 12.1. The van der Waals surface area contributed by atoms with Crippen LogP contribution >= 0.6 is 27.5 Å². The van der Waals surface area contributed by atoms with E-state index >= 15 is 0 Å². The Balaban J connectivity index is 1.67. The van der Waals surface area contributed by atoms with E-state index in [1.807, 2.05) is 61.5 Å². The number of anilines is 1. The standard InChI is InChI=1S/C20H15BrClNO2/c1-13-12-15(21)4-9-18(13)23-20(24)11-8-17-7-10-19(25-17)14-2-5-16(22)6-3-14/h2-12H,1H3,(H,23,24). The molecule has 0 aliphatic rings. The quantitative estimate of drug-likeness (QED) is 0.505. The van der Waals surface area contributed by atoms with Gasteiger partial charge in [0.05, 0.1) is 0 Å². The largest absolute Gasteiger partial charge is 0.457 e. The van der Waals surface area contributed by atoms with E-state index in [0.717, 1.165) is 27.0 Å². The van der Waals surface area contributed by atoms with Crippen LogP contribution in [-0.2, 0) is 4.79 Å². The van der Waals surface area contributed by atoms with Gasteiger partial charge in [-0.1, -0.05) is 27.5 Å². The Labute approximate surface area is 159 Å². The summed E-state index contributed by atoms with van der Waals surface area (Å²) in [5.74, 6) is 1.11. The van der Waals surface area contributed by atoms with Crippen LogP contribution in [0.4, 0.5) is 5.69 Å². The lowest BCUT2D eigenvalue weighted by molar-refractivity contribution is -0.111. The van der Waals surface area contributed by atoms with Crippen LogP contribution in [0.15, 0.2) is 69.6 Å². The third-order valence-corrected chi connectivity index (χ3v) is 4.35. The maximum atomic E-state index is 12.1. The molecule has 5 heteroatoms. The number of furan rings is 1. The summed E-state index contributed by atoms with van der Waals surface area (Å²) in [5.41, 5.74) is 2.69. The van der Waals surface area contributed by atoms with E-state index in [9.17, 15) is 4.79 Å². The van der Waals surface area contributed by atoms with E-state index in [1.165, 1.54) is 6.08 Å². The summed E-state index contributed by atoms with van der Waals surface area (Å²) in [4.78, 5) is 12.1. The molecule has 3 rings (SSSR count). The third-order valence-electron chi connectivity index (χ3n) is 3.60. The van der Waals surface area contributed by atoms with E-state index in [0.29, 0.717) is 10.8 Å². The fraction of sp³-hybridized carbons (Fsp3) is 0.0500. The van der Waals surface area contributed by atoms with Crippen molar-refractivity contribution in [1.82, 2.24) is 0 Å². The van der Waals surface area contributed by atoms with Crippen LogP contribution in [0.1, 0.15) is 11.3 Å². The van der Waals surface area contributed by atoms with Crippen molar-refractivity contribution in [2.75, 3.05) is 5.32 Å². The number of carbonyl (C=O) groups excluding carboxylic acids is 1. The molecule has 1 N–H and O–H groups in total. The number of amides is 1. The predicted molar refractivity (Wildman–Crippen MR) is 106 cm³/mol. The van der Waals surface area contributed by atoms with Crippen molar-refractivity contribution in [1.29, 1.82) is 0 Å². The van der Waals surface area contributed by atoms with Gasteiger partial charge in [-0.15, -0.1) is 0 Å². The summed E-state index contributed by atoms with van der Waals surface area (Å²) in [6.07, 6.45) is 3.09. The average Bonchev–Trinajstić information content (AvgIpc) is 3.05. The maximum Gasteiger partial charge on any atom is 0.248 e. The molecule has 1 heterocycles. The second kappa shape index (κ2) is 7.72. The fourth-order valence-electron chi connectivity index (χ4n) is 2.31. The van der Waals surface area contributed by atoms with E-state index in [-0.39, 0.29) is 5.91 Å². The zero-order valence-electron chi connectivity index (χ0n) is 13.4. The lowest BCUT2D eigenvalue weighted by atomic mass is 10.2. The molecule has 0 spiro atoms. The molecule has 2 aromatic carbocycles. The first kappa shape index (κ1) is 17.5. The van der Waals surface area contributed by atoms with Crippen LogP contribution in [0.3, 0.4) is 0 Å². The Hall–Kier alpha value is -2.30. The molecule has 0 atom stereocenters. The van der Waals surface area contributed by atoms with Crippen LogP contribution in [0.5, 0.6) is 0 Å². The smallest absolute Gasteiger partial charge is 0.248 e. The third kappa shape index (κ3) is 4.62. The van der Waals surface area contributed by atoms with Crippen LogP contribution < -0.4 is 5.32 Å². The topological polar surface area (TPSA) is 42.2 Å². The molecule has 0 bridgehead atoms. The minimum Gasteiger partial charge on any atom is -0.457 e. The monoisotopic (exact) mass is 415 g/mol. The van der Waals surface area contributed by atoms with E-state index in [2.05, 4.69) is 21.2 Å². The van der Waals surface area contributed by atoms with Crippen molar-refractivity contribution in [2.45, 2.75) is 6.92 Å². The molecule has 0 aliphatic carbocycles. The fourth-order valence-corrected chi connectivity index (χ4v) is 2.91. The lowest BCUT2D eigenvalue weighted by Crippen LogP contribution is -2.08. The molecule has 1 aromatic heterocycles. The number of nitrogens with one attached hydrogen (secondary N) is 1. The minimum absolute atomic E-state index is 0.213. The number of hydrogen-bond donors (Lipinski definition) is 1. The van der Waals surface area contributed by atoms with Gasteiger partial charge in [-0.25, -0.2) is 0 Å². The summed E-state index contributed by atoms with van der Waals surface area (Å²) in [6.45, 7) is 1.94. The van der Waals surface area contributed by atoms with Crippen molar-refractivity contribution in [3.63, 3.8) is 0 Å². The van der Waals surface area contributed by atoms with Gasteiger partial charge in [0.25, 0.3) is 0 Å². The van der Waals surface area contributed by atoms with Gasteiger partial charge in [-0.2, -0.15) is 0 Å². The highest BCUT2D eigenvalue weighted by atomic mass is 79.9. The highest BCUT2D eigenvalue weighted by Crippen LogP contribution is 2.24. The van der Waals surface area contributed by atoms with Crippen molar-refractivity contribution in [2.24, 2.45) is 0 Å². The molecule has 1 amide bonds. The Kier molecular flexibility index (Phi) is 5.41. The summed E-state index contributed by atoms with van der Waals surface area (Å²) in [5, 5.41) is 3.53. The van der Waals surface area contributed by atoms with Gasteiger partial charge in [-0.05, 0) is 73.2 Å². The van der Waals surface area contributed by atoms with Crippen molar-refractivity contribution >= 4 is 45.2 Å². The normalized spacial score (nSPS) is 11.0. The van der Waals surface area contributed by atoms with Gasteiger partial charge in [0.2, 0.25) is 5.91 Å². The molecule has 0 radical (unpaired) electrons. The Bertz CT molecular complexity index is 929. The number of rotatable bonds is 4. The Morgan fingerprint density at radius 3 is 2.60 bits per heavy atom. The summed E-state index contributed by atoms with van der Waals surface area (Å²) in [6, 6.07) is 16.8. The van der Waals surface area contributed by atoms with Gasteiger partial charge < -0.3 is 9.73 Å². The summed E-state index contributed by atoms with van der Waals surface area (Å²) < 4.78 is 6.71. The zero-order chi connectivity index (χ0) is 17.8.